The molecule has 0 heterocycles. The zero-order valence-electron chi connectivity index (χ0n) is 76.3. The van der Waals surface area contributed by atoms with Gasteiger partial charge in [0, 0.05) is 13.0 Å². The lowest BCUT2D eigenvalue weighted by Crippen LogP contribution is -2.60. The van der Waals surface area contributed by atoms with E-state index in [0.29, 0.717) is 93.2 Å². The fourth-order valence-corrected chi connectivity index (χ4v) is 42.6. The third-order valence-corrected chi connectivity index (χ3v) is 46.7. The molecule has 26 bridgehead atoms. The van der Waals surface area contributed by atoms with Crippen molar-refractivity contribution in [1.29, 1.82) is 5.26 Å². The van der Waals surface area contributed by atoms with Crippen molar-refractivity contribution >= 4 is 35.8 Å². The quantitative estimate of drug-likeness (QED) is 0.0485. The molecule has 0 spiro atoms. The Labute approximate surface area is 730 Å². The number of aliphatic hydroxyl groups is 2. The Bertz CT molecular complexity index is 3970. The average molecular weight is 1690 g/mol. The van der Waals surface area contributed by atoms with E-state index in [1.54, 1.807) is 0 Å². The van der Waals surface area contributed by atoms with Crippen LogP contribution in [0.3, 0.4) is 0 Å². The monoisotopic (exact) mass is 1680 g/mol. The van der Waals surface area contributed by atoms with Crippen LogP contribution in [-0.4, -0.2) is 108 Å². The molecule has 0 radical (unpaired) electrons. The van der Waals surface area contributed by atoms with E-state index in [2.05, 4.69) is 69.2 Å². The highest BCUT2D eigenvalue weighted by Crippen LogP contribution is 2.78. The summed E-state index contributed by atoms with van der Waals surface area (Å²) >= 11 is 0. The Balaban J connectivity index is 0.0000000918. The van der Waals surface area contributed by atoms with Gasteiger partial charge in [0.25, 0.3) is 0 Å². The van der Waals surface area contributed by atoms with Gasteiger partial charge in [0.05, 0.1) is 73.9 Å². The van der Waals surface area contributed by atoms with Crippen molar-refractivity contribution in [3.05, 3.63) is 0 Å². The third-order valence-electron chi connectivity index (χ3n) is 46.7. The number of aliphatic hydroxyl groups excluding tert-OH is 2. The number of ether oxygens (including phenoxy) is 5. The van der Waals surface area contributed by atoms with Gasteiger partial charge < -0.3 is 44.1 Å². The molecule has 676 valence electrons. The molecule has 0 aromatic carbocycles. The molecule has 16 heteroatoms. The number of carboxylic acids is 2. The minimum Gasteiger partial charge on any atom is -0.481 e. The molecule has 122 heavy (non-hydrogen) atoms. The summed E-state index contributed by atoms with van der Waals surface area (Å²) < 4.78 is 27.7. The van der Waals surface area contributed by atoms with Gasteiger partial charge in [0.1, 0.15) is 18.8 Å². The Morgan fingerprint density at radius 1 is 0.344 bits per heavy atom. The first kappa shape index (κ1) is 85.0. The van der Waals surface area contributed by atoms with E-state index in [0.717, 1.165) is 295 Å². The average Bonchev–Trinajstić information content (AvgIpc) is 1.44. The molecule has 0 aliphatic heterocycles. The van der Waals surface area contributed by atoms with Crippen molar-refractivity contribution in [2.24, 2.45) is 313 Å². The lowest BCUT2D eigenvalue weighted by Gasteiger charge is -2.59. The number of esters is 4. The molecule has 27 saturated carbocycles. The van der Waals surface area contributed by atoms with Crippen LogP contribution in [0.4, 0.5) is 0 Å². The van der Waals surface area contributed by atoms with Gasteiger partial charge in [-0.1, -0.05) is 69.2 Å². The molecule has 27 fully saturated rings. The van der Waals surface area contributed by atoms with Crippen molar-refractivity contribution < 1.29 is 72.9 Å². The number of rotatable bonds is 16. The first-order chi connectivity index (χ1) is 58.7. The van der Waals surface area contributed by atoms with Crippen molar-refractivity contribution in [3.8, 4) is 6.07 Å². The number of fused-ring (bicyclic) bond motifs is 50. The van der Waals surface area contributed by atoms with Crippen molar-refractivity contribution in [3.63, 3.8) is 0 Å². The van der Waals surface area contributed by atoms with Gasteiger partial charge in [-0.3, -0.25) is 28.8 Å². The molecule has 0 aromatic heterocycles. The minimum atomic E-state index is -0.648. The van der Waals surface area contributed by atoms with Crippen LogP contribution in [0.1, 0.15) is 250 Å². The van der Waals surface area contributed by atoms with E-state index < -0.39 is 23.0 Å². The van der Waals surface area contributed by atoms with Crippen LogP contribution in [0.25, 0.3) is 0 Å². The molecule has 51 atom stereocenters. The van der Waals surface area contributed by atoms with Gasteiger partial charge in [0.15, 0.2) is 0 Å². The van der Waals surface area contributed by atoms with Gasteiger partial charge in [-0.05, 0) is 446 Å². The van der Waals surface area contributed by atoms with E-state index in [4.69, 9.17) is 39.2 Å². The van der Waals surface area contributed by atoms with E-state index in [1.165, 1.54) is 96.3 Å². The largest absolute Gasteiger partial charge is 0.481 e. The summed E-state index contributed by atoms with van der Waals surface area (Å²) in [6.07, 6.45) is 31.4. The molecule has 51 unspecified atom stereocenters. The first-order valence-electron chi connectivity index (χ1n) is 52.0. The van der Waals surface area contributed by atoms with Gasteiger partial charge in [-0.2, -0.15) is 5.26 Å². The molecule has 16 nitrogen and oxygen atoms in total. The van der Waals surface area contributed by atoms with Crippen LogP contribution in [-0.2, 0) is 52.5 Å². The number of hydrogen-bond donors (Lipinski definition) is 4. The summed E-state index contributed by atoms with van der Waals surface area (Å²) in [5.74, 6) is 38.4. The summed E-state index contributed by atoms with van der Waals surface area (Å²) in [7, 11) is 0. The molecule has 27 aliphatic rings. The molecule has 27 rings (SSSR count). The molecule has 0 saturated heterocycles. The smallest absolute Gasteiger partial charge is 0.309 e. The highest BCUT2D eigenvalue weighted by molar-refractivity contribution is 5.78. The predicted octanol–water partition coefficient (Wildman–Crippen LogP) is 18.7. The topological polar surface area (TPSA) is 253 Å². The first-order valence-corrected chi connectivity index (χ1v) is 52.0. The number of carbonyl (C=O) groups is 6. The summed E-state index contributed by atoms with van der Waals surface area (Å²) in [6, 6.07) is 2.04. The van der Waals surface area contributed by atoms with Crippen molar-refractivity contribution in [2.45, 2.75) is 255 Å². The molecule has 0 amide bonds. The molecule has 27 aliphatic carbocycles. The molecule has 0 aromatic rings. The van der Waals surface area contributed by atoms with Crippen molar-refractivity contribution in [2.75, 3.05) is 46.2 Å². The zero-order valence-corrected chi connectivity index (χ0v) is 76.3. The third kappa shape index (κ3) is 13.1. The van der Waals surface area contributed by atoms with E-state index >= 15 is 0 Å². The number of nitrogens with zero attached hydrogens (tertiary/aromatic N) is 1. The van der Waals surface area contributed by atoms with Gasteiger partial charge in [-0.15, -0.1) is 0 Å². The number of hydrogen-bond acceptors (Lipinski definition) is 14. The maximum atomic E-state index is 13.6. The lowest BCUT2D eigenvalue weighted by atomic mass is 9.48. The fourth-order valence-electron chi connectivity index (χ4n) is 42.6. The number of aliphatic carboxylic acids is 2. The summed E-state index contributed by atoms with van der Waals surface area (Å²) in [5.41, 5.74) is -1.10. The molecule has 4 N–H and O–H groups in total. The Morgan fingerprint density at radius 3 is 1.02 bits per heavy atom. The second kappa shape index (κ2) is 32.0. The van der Waals surface area contributed by atoms with Crippen LogP contribution in [0.2, 0.25) is 0 Å². The van der Waals surface area contributed by atoms with E-state index in [9.17, 15) is 39.0 Å². The minimum absolute atomic E-state index is 0.00288. The van der Waals surface area contributed by atoms with Gasteiger partial charge in [-0.25, -0.2) is 0 Å². The summed E-state index contributed by atoms with van der Waals surface area (Å²) in [6.45, 7) is 28.7. The maximum absolute atomic E-state index is 13.6. The zero-order chi connectivity index (χ0) is 84.8. The van der Waals surface area contributed by atoms with Crippen LogP contribution < -0.4 is 0 Å². The second-order valence-electron chi connectivity index (χ2n) is 49.7. The Kier molecular flexibility index (Phi) is 22.3. The van der Waals surface area contributed by atoms with Crippen LogP contribution >= 0.6 is 0 Å². The molecular weight excluding hydrogens is 1530 g/mol. The normalized spacial score (nSPS) is 56.8. The van der Waals surface area contributed by atoms with Gasteiger partial charge in [0.2, 0.25) is 0 Å². The van der Waals surface area contributed by atoms with Crippen LogP contribution in [0.5, 0.6) is 0 Å². The Hall–Kier alpha value is -3.81. The van der Waals surface area contributed by atoms with E-state index in [-0.39, 0.29) is 66.7 Å². The number of carboxylic acid groups (broad SMARTS) is 2. The highest BCUT2D eigenvalue weighted by Gasteiger charge is 2.74. The number of carbonyl (C=O) groups excluding carboxylic acids is 4. The molecular formula is C106H157NO15. The van der Waals surface area contributed by atoms with Crippen LogP contribution in [0.15, 0.2) is 0 Å². The summed E-state index contributed by atoms with van der Waals surface area (Å²) in [4.78, 5) is 74.0. The second-order valence-corrected chi connectivity index (χ2v) is 49.7. The van der Waals surface area contributed by atoms with Crippen LogP contribution in [0, 0.1) is 324 Å². The van der Waals surface area contributed by atoms with Crippen molar-refractivity contribution in [1.82, 2.24) is 0 Å². The Morgan fingerprint density at radius 2 is 0.680 bits per heavy atom. The predicted molar refractivity (Wildman–Crippen MR) is 459 cm³/mol. The summed E-state index contributed by atoms with van der Waals surface area (Å²) in [5, 5.41) is 45.7. The van der Waals surface area contributed by atoms with E-state index in [1.807, 2.05) is 13.0 Å². The SMILES string of the molecule is CC1C(C)C2CC1C1C3CC(C(=O)O)C(C3)C21.CC1C(C)C2CC1C1C3CC(C(=O)OC45CC6CC(C4)CC(C(=O)O)(C6)C5)C(C3)C21.CC1C(C)C2CC1C1C3CC(C(=O)OCCC#N)C(C3)C21.CC1C(C)C2CC1C1C3CC(C(=O)OCCOCCO)C(C3)C21.CCOC(=O)C1CC2CC1C1C3CC(C(C)C3C)C21.OCC1CC2C3CCC(C3)C2C1. The number of nitriles is 1. The highest BCUT2D eigenvalue weighted by atomic mass is 16.6. The standard InChI is InChI=1S/C26H36O4.C19H30O4.C18H25NO2.C17H26O2.C15H22O2.C11H18O/c1-12-13(2)18-6-17(12)21-16-4-19(22(18)21)20(5-16)23(27)30-26-9-14-3-15(10-26)8-25(7-14,11-26)24(28)29;1-10-11(2)14-9-13(10)17-12-7-15(18(14)17)16(8-12)19(21)23-6-5-22-4-3-20;1-9-10(2)13-8-12(9)16-11-6-14(17(13)16)15(7-11)18(20)21-5-3-4-19;1-4-19-17(18)14-6-10-5-13(14)16-12-7-11(15(10)16)8(2)9(12)3;1-6-7(2)10-5-9(6)13-8-3-11(14(10)13)12(4-8)15(16)17;12-6-7-3-10-8-1-2-9(5-8)11(10)4-7/h12-22H,3-11H2,1-2H3,(H,28,29);10-18,20H,3-9H2,1-2H3;9-17H,3,5-8H2,1-2H3;8-16H,4-7H2,1-3H3;6-14H,3-5H2,1-2H3,(H,16,17);7-12H,1-6H2. The maximum Gasteiger partial charge on any atom is 0.309 e. The van der Waals surface area contributed by atoms with Gasteiger partial charge >= 0.3 is 35.8 Å². The lowest BCUT2D eigenvalue weighted by molar-refractivity contribution is -0.214. The fraction of sp³-hybridized carbons (Fsp3) is 0.934.